The highest BCUT2D eigenvalue weighted by Crippen LogP contribution is 2.31. The first-order valence-corrected chi connectivity index (χ1v) is 8.58. The Morgan fingerprint density at radius 2 is 2.00 bits per heavy atom. The van der Waals surface area contributed by atoms with Crippen LogP contribution in [0.5, 0.6) is 5.88 Å². The van der Waals surface area contributed by atoms with Crippen LogP contribution in [0.25, 0.3) is 11.1 Å². The summed E-state index contributed by atoms with van der Waals surface area (Å²) in [5.74, 6) is 0.764. The van der Waals surface area contributed by atoms with Gasteiger partial charge in [-0.25, -0.2) is 4.98 Å². The average molecular weight is 345 g/mol. The normalized spacial score (nSPS) is 13.4. The van der Waals surface area contributed by atoms with Gasteiger partial charge in [0.2, 0.25) is 11.8 Å². The molecule has 0 aliphatic carbocycles. The minimum Gasteiger partial charge on any atom is -0.473 e. The lowest BCUT2D eigenvalue weighted by Crippen LogP contribution is -2.30. The summed E-state index contributed by atoms with van der Waals surface area (Å²) in [6.45, 7) is 0.417. The van der Waals surface area contributed by atoms with Crippen molar-refractivity contribution in [2.75, 3.05) is 11.9 Å². The third-order valence-corrected chi connectivity index (χ3v) is 4.58. The van der Waals surface area contributed by atoms with Crippen molar-refractivity contribution < 1.29 is 9.53 Å². The van der Waals surface area contributed by atoms with Gasteiger partial charge in [0.15, 0.2) is 0 Å². The summed E-state index contributed by atoms with van der Waals surface area (Å²) in [6, 6.07) is 13.9. The van der Waals surface area contributed by atoms with Gasteiger partial charge in [0.25, 0.3) is 0 Å². The summed E-state index contributed by atoms with van der Waals surface area (Å²) >= 11 is 0. The van der Waals surface area contributed by atoms with E-state index < -0.39 is 0 Å². The van der Waals surface area contributed by atoms with Gasteiger partial charge in [0, 0.05) is 54.9 Å². The molecule has 5 heteroatoms. The lowest BCUT2D eigenvalue weighted by Gasteiger charge is -2.26. The fourth-order valence-electron chi connectivity index (χ4n) is 3.15. The molecule has 5 nitrogen and oxygen atoms in total. The molecule has 1 aliphatic heterocycles. The molecular formula is C21H19N3O2. The number of pyridine rings is 2. The van der Waals surface area contributed by atoms with Crippen molar-refractivity contribution in [3.63, 3.8) is 0 Å². The zero-order valence-corrected chi connectivity index (χ0v) is 14.6. The molecule has 1 amide bonds. The zero-order chi connectivity index (χ0) is 17.9. The first kappa shape index (κ1) is 16.3. The molecular weight excluding hydrogens is 326 g/mol. The van der Waals surface area contributed by atoms with Gasteiger partial charge in [-0.1, -0.05) is 12.1 Å². The monoisotopic (exact) mass is 345 g/mol. The molecule has 0 radical (unpaired) electrons. The number of hydrogen-bond donors (Lipinski definition) is 0. The number of benzene rings is 1. The Balaban J connectivity index is 1.56. The summed E-state index contributed by atoms with van der Waals surface area (Å²) in [4.78, 5) is 22.1. The molecule has 1 aromatic carbocycles. The van der Waals surface area contributed by atoms with Gasteiger partial charge in [-0.3, -0.25) is 9.78 Å². The Morgan fingerprint density at radius 1 is 1.08 bits per heavy atom. The van der Waals surface area contributed by atoms with E-state index >= 15 is 0 Å². The molecule has 2 aromatic heterocycles. The molecule has 0 bridgehead atoms. The third kappa shape index (κ3) is 3.28. The van der Waals surface area contributed by atoms with Gasteiger partial charge in [-0.2, -0.15) is 0 Å². The summed E-state index contributed by atoms with van der Waals surface area (Å²) in [5.41, 5.74) is 5.30. The Labute approximate surface area is 152 Å². The van der Waals surface area contributed by atoms with Gasteiger partial charge in [-0.15, -0.1) is 0 Å². The van der Waals surface area contributed by atoms with Crippen molar-refractivity contribution in [1.29, 1.82) is 0 Å². The third-order valence-electron chi connectivity index (χ3n) is 4.58. The molecule has 3 aromatic rings. The van der Waals surface area contributed by atoms with Crippen LogP contribution in [-0.4, -0.2) is 22.9 Å². The lowest BCUT2D eigenvalue weighted by atomic mass is 9.96. The van der Waals surface area contributed by atoms with Crippen molar-refractivity contribution >= 4 is 11.6 Å². The topological polar surface area (TPSA) is 55.3 Å². The van der Waals surface area contributed by atoms with Crippen LogP contribution in [0.15, 0.2) is 61.1 Å². The number of fused-ring (bicyclic) bond motifs is 1. The van der Waals surface area contributed by atoms with Crippen LogP contribution in [-0.2, 0) is 17.8 Å². The standard InChI is InChI=1S/C21H19N3O2/c1-24-19-7-5-16(11-17(19)6-8-21(24)25)18-10-15(12-22-13-18)14-26-20-4-2-3-9-23-20/h2-5,7,9-13H,6,8,14H2,1H3. The highest BCUT2D eigenvalue weighted by Gasteiger charge is 2.20. The fourth-order valence-corrected chi connectivity index (χ4v) is 3.15. The SMILES string of the molecule is CN1C(=O)CCc2cc(-c3cncc(COc4ccccn4)c3)ccc21. The number of amides is 1. The van der Waals surface area contributed by atoms with E-state index in [-0.39, 0.29) is 5.91 Å². The van der Waals surface area contributed by atoms with E-state index in [4.69, 9.17) is 4.74 Å². The van der Waals surface area contributed by atoms with Crippen LogP contribution >= 0.6 is 0 Å². The Bertz CT molecular complexity index is 941. The molecule has 1 aliphatic rings. The quantitative estimate of drug-likeness (QED) is 0.724. The molecule has 0 spiro atoms. The van der Waals surface area contributed by atoms with E-state index in [2.05, 4.69) is 22.1 Å². The van der Waals surface area contributed by atoms with E-state index in [1.54, 1.807) is 17.3 Å². The number of nitrogens with zero attached hydrogens (tertiary/aromatic N) is 3. The predicted octanol–water partition coefficient (Wildman–Crippen LogP) is 3.63. The smallest absolute Gasteiger partial charge is 0.227 e. The Kier molecular flexibility index (Phi) is 4.35. The van der Waals surface area contributed by atoms with Gasteiger partial charge >= 0.3 is 0 Å². The van der Waals surface area contributed by atoms with Crippen molar-refractivity contribution in [2.24, 2.45) is 0 Å². The van der Waals surface area contributed by atoms with E-state index in [0.29, 0.717) is 18.9 Å². The number of rotatable bonds is 4. The van der Waals surface area contributed by atoms with Crippen molar-refractivity contribution in [3.8, 4) is 17.0 Å². The van der Waals surface area contributed by atoms with E-state index in [1.807, 2.05) is 43.6 Å². The van der Waals surface area contributed by atoms with Gasteiger partial charge in [-0.05, 0) is 41.8 Å². The van der Waals surface area contributed by atoms with Crippen LogP contribution in [0.2, 0.25) is 0 Å². The summed E-state index contributed by atoms with van der Waals surface area (Å²) in [7, 11) is 1.83. The average Bonchev–Trinajstić information content (AvgIpc) is 2.70. The summed E-state index contributed by atoms with van der Waals surface area (Å²) in [5, 5.41) is 0. The summed E-state index contributed by atoms with van der Waals surface area (Å²) < 4.78 is 5.70. The zero-order valence-electron chi connectivity index (χ0n) is 14.6. The second kappa shape index (κ2) is 6.96. The second-order valence-corrected chi connectivity index (χ2v) is 6.33. The Morgan fingerprint density at radius 3 is 2.85 bits per heavy atom. The lowest BCUT2D eigenvalue weighted by molar-refractivity contribution is -0.118. The molecule has 4 rings (SSSR count). The van der Waals surface area contributed by atoms with E-state index in [0.717, 1.165) is 28.8 Å². The highest BCUT2D eigenvalue weighted by atomic mass is 16.5. The van der Waals surface area contributed by atoms with Crippen LogP contribution in [0.1, 0.15) is 17.5 Å². The molecule has 0 atom stereocenters. The predicted molar refractivity (Wildman–Crippen MR) is 100.0 cm³/mol. The minimum absolute atomic E-state index is 0.167. The largest absolute Gasteiger partial charge is 0.473 e. The molecule has 26 heavy (non-hydrogen) atoms. The number of aryl methyl sites for hydroxylation is 1. The second-order valence-electron chi connectivity index (χ2n) is 6.33. The maximum atomic E-state index is 11.8. The maximum absolute atomic E-state index is 11.8. The molecule has 0 unspecified atom stereocenters. The minimum atomic E-state index is 0.167. The molecule has 130 valence electrons. The number of carbonyl (C=O) groups excluding carboxylic acids is 1. The van der Waals surface area contributed by atoms with Crippen molar-refractivity contribution in [3.05, 3.63) is 72.2 Å². The van der Waals surface area contributed by atoms with Gasteiger partial charge in [0.1, 0.15) is 6.61 Å². The maximum Gasteiger partial charge on any atom is 0.227 e. The van der Waals surface area contributed by atoms with Crippen molar-refractivity contribution in [2.45, 2.75) is 19.4 Å². The summed E-state index contributed by atoms with van der Waals surface area (Å²) in [6.07, 6.45) is 6.70. The number of hydrogen-bond acceptors (Lipinski definition) is 4. The van der Waals surface area contributed by atoms with Crippen LogP contribution in [0.3, 0.4) is 0 Å². The van der Waals surface area contributed by atoms with E-state index in [1.165, 1.54) is 5.56 Å². The van der Waals surface area contributed by atoms with Crippen LogP contribution in [0.4, 0.5) is 5.69 Å². The molecule has 0 saturated carbocycles. The van der Waals surface area contributed by atoms with Gasteiger partial charge < -0.3 is 9.64 Å². The number of ether oxygens (including phenoxy) is 1. The fraction of sp³-hybridized carbons (Fsp3) is 0.190. The highest BCUT2D eigenvalue weighted by molar-refractivity contribution is 5.96. The van der Waals surface area contributed by atoms with Crippen LogP contribution < -0.4 is 9.64 Å². The molecule has 0 saturated heterocycles. The molecule has 0 fully saturated rings. The van der Waals surface area contributed by atoms with Crippen LogP contribution in [0, 0.1) is 0 Å². The number of aromatic nitrogens is 2. The number of carbonyl (C=O) groups is 1. The first-order valence-electron chi connectivity index (χ1n) is 8.58. The van der Waals surface area contributed by atoms with E-state index in [9.17, 15) is 4.79 Å². The molecule has 3 heterocycles. The first-order chi connectivity index (χ1) is 12.7. The molecule has 0 N–H and O–H groups in total. The number of anilines is 1. The Hall–Kier alpha value is -3.21. The van der Waals surface area contributed by atoms with Crippen molar-refractivity contribution in [1.82, 2.24) is 9.97 Å². The van der Waals surface area contributed by atoms with Gasteiger partial charge in [0.05, 0.1) is 0 Å².